The van der Waals surface area contributed by atoms with Crippen LogP contribution < -0.4 is 0 Å². The van der Waals surface area contributed by atoms with Crippen molar-refractivity contribution in [2.45, 2.75) is 36.8 Å². The van der Waals surface area contributed by atoms with E-state index in [4.69, 9.17) is 4.74 Å². The second kappa shape index (κ2) is 5.32. The molecule has 5 heteroatoms. The predicted octanol–water partition coefficient (Wildman–Crippen LogP) is 2.98. The number of ether oxygens (including phenoxy) is 1. The molecule has 0 N–H and O–H groups in total. The molecule has 0 amide bonds. The Bertz CT molecular complexity index is 638. The second-order valence-electron chi connectivity index (χ2n) is 5.01. The fourth-order valence-electron chi connectivity index (χ4n) is 2.29. The zero-order valence-electron chi connectivity index (χ0n) is 11.4. The Labute approximate surface area is 122 Å². The summed E-state index contributed by atoms with van der Waals surface area (Å²) in [5, 5.41) is 0.669. The smallest absolute Gasteiger partial charge is 0.319 e. The van der Waals surface area contributed by atoms with Gasteiger partial charge in [-0.25, -0.2) is 4.98 Å². The van der Waals surface area contributed by atoms with E-state index in [9.17, 15) is 4.79 Å². The molecule has 1 saturated heterocycles. The number of hydrogen-bond donors (Lipinski definition) is 0. The predicted molar refractivity (Wildman–Crippen MR) is 78.1 cm³/mol. The summed E-state index contributed by atoms with van der Waals surface area (Å²) in [6, 6.07) is 8.21. The number of aromatic nitrogens is 2. The molecule has 0 radical (unpaired) electrons. The Hall–Kier alpha value is -1.75. The van der Waals surface area contributed by atoms with Gasteiger partial charge < -0.3 is 4.74 Å². The van der Waals surface area contributed by atoms with Crippen LogP contribution in [0.1, 0.15) is 18.9 Å². The molecule has 0 unspecified atom stereocenters. The van der Waals surface area contributed by atoms with Gasteiger partial charge in [-0.1, -0.05) is 23.9 Å². The first-order valence-electron chi connectivity index (χ1n) is 6.61. The lowest BCUT2D eigenvalue weighted by molar-refractivity contribution is -0.140. The summed E-state index contributed by atoms with van der Waals surface area (Å²) in [6.07, 6.45) is 4.42. The van der Waals surface area contributed by atoms with Gasteiger partial charge in [-0.15, -0.1) is 0 Å². The number of nitrogens with zero attached hydrogens (tertiary/aromatic N) is 2. The Morgan fingerprint density at radius 3 is 3.00 bits per heavy atom. The fraction of sp³-hybridized carbons (Fsp3) is 0.333. The molecule has 1 fully saturated rings. The largest absolute Gasteiger partial charge is 0.462 e. The van der Waals surface area contributed by atoms with Crippen molar-refractivity contribution in [1.29, 1.82) is 0 Å². The standard InChI is InChI=1S/C15H16N2O2S/c1-10-4-3-5-12(8-10)17-7-6-16-15(17)20-13-9-11(2)19-14(13)18/h3-8,11,13H,9H2,1-2H3/t11-,13-/m1/s1. The van der Waals surface area contributed by atoms with Gasteiger partial charge in [0.2, 0.25) is 0 Å². The van der Waals surface area contributed by atoms with Crippen LogP contribution >= 0.6 is 11.8 Å². The van der Waals surface area contributed by atoms with Crippen LogP contribution in [0.5, 0.6) is 0 Å². The van der Waals surface area contributed by atoms with Gasteiger partial charge in [-0.2, -0.15) is 0 Å². The maximum Gasteiger partial charge on any atom is 0.319 e. The van der Waals surface area contributed by atoms with Gasteiger partial charge in [0.15, 0.2) is 5.16 Å². The zero-order valence-corrected chi connectivity index (χ0v) is 12.3. The van der Waals surface area contributed by atoms with Crippen molar-refractivity contribution in [2.24, 2.45) is 0 Å². The molecule has 1 aliphatic rings. The van der Waals surface area contributed by atoms with E-state index in [1.807, 2.05) is 29.8 Å². The first-order valence-corrected chi connectivity index (χ1v) is 7.49. The van der Waals surface area contributed by atoms with Crippen molar-refractivity contribution in [2.75, 3.05) is 0 Å². The molecule has 0 saturated carbocycles. The average molecular weight is 288 g/mol. The Morgan fingerprint density at radius 2 is 2.30 bits per heavy atom. The Balaban J connectivity index is 1.86. The van der Waals surface area contributed by atoms with Crippen molar-refractivity contribution >= 4 is 17.7 Å². The van der Waals surface area contributed by atoms with E-state index in [0.29, 0.717) is 0 Å². The normalized spacial score (nSPS) is 22.0. The highest BCUT2D eigenvalue weighted by molar-refractivity contribution is 8.00. The Kier molecular flexibility index (Phi) is 3.53. The van der Waals surface area contributed by atoms with Crippen molar-refractivity contribution in [3.8, 4) is 5.69 Å². The van der Waals surface area contributed by atoms with Crippen LogP contribution in [-0.4, -0.2) is 26.9 Å². The third-order valence-electron chi connectivity index (χ3n) is 3.26. The minimum atomic E-state index is -0.157. The van der Waals surface area contributed by atoms with Gasteiger partial charge in [0, 0.05) is 24.5 Å². The van der Waals surface area contributed by atoms with Gasteiger partial charge in [0.25, 0.3) is 0 Å². The van der Waals surface area contributed by atoms with Crippen LogP contribution in [0.2, 0.25) is 0 Å². The number of esters is 1. The number of hydrogen-bond acceptors (Lipinski definition) is 4. The third-order valence-corrected chi connectivity index (χ3v) is 4.44. The van der Waals surface area contributed by atoms with Gasteiger partial charge in [-0.05, 0) is 31.5 Å². The van der Waals surface area contributed by atoms with Crippen molar-refractivity contribution in [3.63, 3.8) is 0 Å². The lowest BCUT2D eigenvalue weighted by Crippen LogP contribution is -2.10. The highest BCUT2D eigenvalue weighted by atomic mass is 32.2. The quantitative estimate of drug-likeness (QED) is 0.814. The van der Waals surface area contributed by atoms with E-state index >= 15 is 0 Å². The summed E-state index contributed by atoms with van der Waals surface area (Å²) in [4.78, 5) is 16.1. The van der Waals surface area contributed by atoms with Crippen LogP contribution in [0.25, 0.3) is 5.69 Å². The van der Waals surface area contributed by atoms with Gasteiger partial charge in [0.05, 0.1) is 0 Å². The summed E-state index contributed by atoms with van der Waals surface area (Å²) in [5.41, 5.74) is 2.26. The van der Waals surface area contributed by atoms with Gasteiger partial charge in [-0.3, -0.25) is 9.36 Å². The van der Waals surface area contributed by atoms with Crippen LogP contribution in [0.3, 0.4) is 0 Å². The molecular weight excluding hydrogens is 272 g/mol. The second-order valence-corrected chi connectivity index (χ2v) is 6.18. The molecule has 3 rings (SSSR count). The summed E-state index contributed by atoms with van der Waals surface area (Å²) in [7, 11) is 0. The minimum Gasteiger partial charge on any atom is -0.462 e. The highest BCUT2D eigenvalue weighted by Crippen LogP contribution is 2.32. The van der Waals surface area contributed by atoms with E-state index in [-0.39, 0.29) is 17.3 Å². The Morgan fingerprint density at radius 1 is 1.45 bits per heavy atom. The topological polar surface area (TPSA) is 44.1 Å². The highest BCUT2D eigenvalue weighted by Gasteiger charge is 2.33. The molecule has 2 aromatic rings. The third kappa shape index (κ3) is 2.58. The number of thioether (sulfide) groups is 1. The van der Waals surface area contributed by atoms with Crippen LogP contribution in [0.15, 0.2) is 41.8 Å². The van der Waals surface area contributed by atoms with E-state index in [1.165, 1.54) is 17.3 Å². The number of carbonyl (C=O) groups is 1. The molecule has 4 nitrogen and oxygen atoms in total. The van der Waals surface area contributed by atoms with Gasteiger partial charge in [0.1, 0.15) is 11.4 Å². The summed E-state index contributed by atoms with van der Waals surface area (Å²) in [5.74, 6) is -0.138. The van der Waals surface area contributed by atoms with Crippen molar-refractivity contribution in [3.05, 3.63) is 42.2 Å². The van der Waals surface area contributed by atoms with Crippen LogP contribution in [0, 0.1) is 6.92 Å². The summed E-state index contributed by atoms with van der Waals surface area (Å²) < 4.78 is 7.20. The molecule has 20 heavy (non-hydrogen) atoms. The molecule has 2 heterocycles. The molecule has 1 aromatic carbocycles. The lowest BCUT2D eigenvalue weighted by atomic mass is 10.2. The zero-order chi connectivity index (χ0) is 14.1. The van der Waals surface area contributed by atoms with Crippen molar-refractivity contribution < 1.29 is 9.53 Å². The van der Waals surface area contributed by atoms with E-state index in [2.05, 4.69) is 24.0 Å². The SMILES string of the molecule is Cc1cccc(-n2ccnc2S[C@@H]2C[C@@H](C)OC2=O)c1. The maximum absolute atomic E-state index is 11.7. The number of cyclic esters (lactones) is 1. The van der Waals surface area contributed by atoms with Crippen molar-refractivity contribution in [1.82, 2.24) is 9.55 Å². The van der Waals surface area contributed by atoms with E-state index in [1.54, 1.807) is 6.20 Å². The van der Waals surface area contributed by atoms with Crippen LogP contribution in [-0.2, 0) is 9.53 Å². The number of imidazole rings is 1. The number of aryl methyl sites for hydroxylation is 1. The monoisotopic (exact) mass is 288 g/mol. The first kappa shape index (κ1) is 13.2. The molecule has 0 bridgehead atoms. The number of rotatable bonds is 3. The van der Waals surface area contributed by atoms with Crippen LogP contribution in [0.4, 0.5) is 0 Å². The number of carbonyl (C=O) groups excluding carboxylic acids is 1. The molecule has 2 atom stereocenters. The fourth-order valence-corrected chi connectivity index (χ4v) is 3.47. The maximum atomic E-state index is 11.7. The van der Waals surface area contributed by atoms with E-state index < -0.39 is 0 Å². The average Bonchev–Trinajstić information content (AvgIpc) is 2.97. The molecule has 1 aromatic heterocycles. The summed E-state index contributed by atoms with van der Waals surface area (Å²) >= 11 is 1.47. The summed E-state index contributed by atoms with van der Waals surface area (Å²) in [6.45, 7) is 3.98. The molecule has 104 valence electrons. The van der Waals surface area contributed by atoms with E-state index in [0.717, 1.165) is 17.3 Å². The first-order chi connectivity index (χ1) is 9.63. The number of benzene rings is 1. The lowest BCUT2D eigenvalue weighted by Gasteiger charge is -2.09. The molecule has 0 spiro atoms. The minimum absolute atomic E-state index is 0.00221. The molecule has 0 aliphatic carbocycles. The van der Waals surface area contributed by atoms with Gasteiger partial charge >= 0.3 is 5.97 Å². The molecule has 1 aliphatic heterocycles. The molecular formula is C15H16N2O2S.